The fourth-order valence-electron chi connectivity index (χ4n) is 1.26. The molecule has 2 aromatic rings. The molecule has 0 amide bonds. The van der Waals surface area contributed by atoms with E-state index < -0.39 is 0 Å². The second-order valence-electron chi connectivity index (χ2n) is 2.76. The summed E-state index contributed by atoms with van der Waals surface area (Å²) in [5.41, 5.74) is 0. The molecule has 0 fully saturated rings. The third kappa shape index (κ3) is 1.52. The van der Waals surface area contributed by atoms with Gasteiger partial charge < -0.3 is 5.11 Å². The highest BCUT2D eigenvalue weighted by Crippen LogP contribution is 2.33. The van der Waals surface area contributed by atoms with Crippen molar-refractivity contribution in [1.29, 1.82) is 0 Å². The second kappa shape index (κ2) is 3.20. The van der Waals surface area contributed by atoms with E-state index in [2.05, 4.69) is 15.9 Å². The Labute approximate surface area is 89.1 Å². The van der Waals surface area contributed by atoms with Crippen LogP contribution in [0.4, 0.5) is 0 Å². The lowest BCUT2D eigenvalue weighted by Crippen LogP contribution is -1.75. The number of aromatic hydroxyl groups is 1. The fourth-order valence-corrected chi connectivity index (χ4v) is 1.78. The molecule has 0 unspecified atom stereocenters. The summed E-state index contributed by atoms with van der Waals surface area (Å²) < 4.78 is 0.697. The first kappa shape index (κ1) is 8.85. The summed E-state index contributed by atoms with van der Waals surface area (Å²) in [6, 6.07) is 9.09. The van der Waals surface area contributed by atoms with E-state index >= 15 is 0 Å². The van der Waals surface area contributed by atoms with Crippen molar-refractivity contribution in [3.05, 3.63) is 39.8 Å². The normalized spacial score (nSPS) is 10.6. The van der Waals surface area contributed by atoms with Gasteiger partial charge in [-0.05, 0) is 45.6 Å². The average molecular weight is 258 g/mol. The van der Waals surface area contributed by atoms with Crippen LogP contribution in [0.5, 0.6) is 5.75 Å². The number of benzene rings is 2. The van der Waals surface area contributed by atoms with Gasteiger partial charge in [-0.3, -0.25) is 0 Å². The van der Waals surface area contributed by atoms with E-state index in [9.17, 15) is 5.11 Å². The smallest absolute Gasteiger partial charge is 0.137 e. The molecule has 0 aliphatic rings. The molecule has 0 aliphatic carbocycles. The Balaban J connectivity index is 2.87. The first-order chi connectivity index (χ1) is 6.18. The quantitative estimate of drug-likeness (QED) is 0.757. The molecule has 2 rings (SSSR count). The van der Waals surface area contributed by atoms with Crippen molar-refractivity contribution in [3.63, 3.8) is 0 Å². The predicted octanol–water partition coefficient (Wildman–Crippen LogP) is 3.96. The summed E-state index contributed by atoms with van der Waals surface area (Å²) in [7, 11) is 0. The van der Waals surface area contributed by atoms with Gasteiger partial charge >= 0.3 is 0 Å². The van der Waals surface area contributed by atoms with Crippen LogP contribution in [0.25, 0.3) is 10.8 Å². The fraction of sp³-hybridized carbons (Fsp3) is 0. The second-order valence-corrected chi connectivity index (χ2v) is 4.05. The van der Waals surface area contributed by atoms with Gasteiger partial charge in [-0.1, -0.05) is 17.7 Å². The van der Waals surface area contributed by atoms with Crippen LogP contribution in [0.15, 0.2) is 34.8 Å². The van der Waals surface area contributed by atoms with Gasteiger partial charge in [0.2, 0.25) is 0 Å². The minimum Gasteiger partial charge on any atom is -0.506 e. The van der Waals surface area contributed by atoms with E-state index in [0.29, 0.717) is 9.50 Å². The zero-order valence-electron chi connectivity index (χ0n) is 6.59. The minimum absolute atomic E-state index is 0.258. The van der Waals surface area contributed by atoms with Gasteiger partial charge in [0.1, 0.15) is 5.75 Å². The van der Waals surface area contributed by atoms with E-state index in [1.54, 1.807) is 18.2 Å². The number of rotatable bonds is 0. The van der Waals surface area contributed by atoms with Gasteiger partial charge in [0.05, 0.1) is 4.47 Å². The summed E-state index contributed by atoms with van der Waals surface area (Å²) >= 11 is 9.07. The Morgan fingerprint density at radius 2 is 1.92 bits per heavy atom. The Bertz CT molecular complexity index is 468. The molecule has 0 heterocycles. The highest BCUT2D eigenvalue weighted by Gasteiger charge is 2.03. The van der Waals surface area contributed by atoms with Crippen molar-refractivity contribution in [2.75, 3.05) is 0 Å². The van der Waals surface area contributed by atoms with Gasteiger partial charge in [-0.25, -0.2) is 0 Å². The lowest BCUT2D eigenvalue weighted by molar-refractivity contribution is 0.478. The molecular weight excluding hydrogens is 251 g/mol. The first-order valence-corrected chi connectivity index (χ1v) is 4.92. The van der Waals surface area contributed by atoms with Gasteiger partial charge in [0.25, 0.3) is 0 Å². The summed E-state index contributed by atoms with van der Waals surface area (Å²) in [5, 5.41) is 12.1. The molecule has 0 aliphatic heterocycles. The number of halogens is 2. The largest absolute Gasteiger partial charge is 0.506 e. The number of phenolic OH excluding ortho intramolecular Hbond substituents is 1. The van der Waals surface area contributed by atoms with Gasteiger partial charge in [-0.15, -0.1) is 0 Å². The molecule has 0 aromatic heterocycles. The first-order valence-electron chi connectivity index (χ1n) is 3.75. The predicted molar refractivity (Wildman–Crippen MR) is 58.3 cm³/mol. The van der Waals surface area contributed by atoms with Gasteiger partial charge in [-0.2, -0.15) is 0 Å². The van der Waals surface area contributed by atoms with Crippen LogP contribution in [0, 0.1) is 0 Å². The summed E-state index contributed by atoms with van der Waals surface area (Å²) in [5.74, 6) is 0.258. The Morgan fingerprint density at radius 1 is 1.15 bits per heavy atom. The number of fused-ring (bicyclic) bond motifs is 1. The third-order valence-electron chi connectivity index (χ3n) is 1.90. The zero-order chi connectivity index (χ0) is 9.42. The van der Waals surface area contributed by atoms with Gasteiger partial charge in [0.15, 0.2) is 0 Å². The Kier molecular flexibility index (Phi) is 2.18. The summed E-state index contributed by atoms with van der Waals surface area (Å²) in [4.78, 5) is 0. The topological polar surface area (TPSA) is 20.2 Å². The number of hydrogen-bond acceptors (Lipinski definition) is 1. The molecule has 1 nitrogen and oxygen atoms in total. The molecule has 1 N–H and O–H groups in total. The van der Waals surface area contributed by atoms with Crippen LogP contribution >= 0.6 is 27.5 Å². The van der Waals surface area contributed by atoms with Crippen LogP contribution in [-0.2, 0) is 0 Å². The van der Waals surface area contributed by atoms with Crippen LogP contribution in [0.2, 0.25) is 5.02 Å². The maximum Gasteiger partial charge on any atom is 0.137 e. The van der Waals surface area contributed by atoms with Crippen molar-refractivity contribution in [2.24, 2.45) is 0 Å². The van der Waals surface area contributed by atoms with Crippen LogP contribution < -0.4 is 0 Å². The van der Waals surface area contributed by atoms with E-state index in [4.69, 9.17) is 11.6 Å². The van der Waals surface area contributed by atoms with Crippen molar-refractivity contribution < 1.29 is 5.11 Å². The molecular formula is C10H6BrClO. The molecule has 0 spiro atoms. The van der Waals surface area contributed by atoms with Crippen molar-refractivity contribution in [1.82, 2.24) is 0 Å². The van der Waals surface area contributed by atoms with Crippen molar-refractivity contribution in [3.8, 4) is 5.75 Å². The molecule has 66 valence electrons. The number of phenols is 1. The molecule has 13 heavy (non-hydrogen) atoms. The number of hydrogen-bond donors (Lipinski definition) is 1. The van der Waals surface area contributed by atoms with Crippen molar-refractivity contribution >= 4 is 38.3 Å². The van der Waals surface area contributed by atoms with E-state index in [-0.39, 0.29) is 5.75 Å². The van der Waals surface area contributed by atoms with Crippen LogP contribution in [0.1, 0.15) is 0 Å². The highest BCUT2D eigenvalue weighted by atomic mass is 79.9. The molecule has 3 heteroatoms. The summed E-state index contributed by atoms with van der Waals surface area (Å²) in [6.07, 6.45) is 0. The minimum atomic E-state index is 0.258. The lowest BCUT2D eigenvalue weighted by atomic mass is 10.1. The van der Waals surface area contributed by atoms with Crippen LogP contribution in [0.3, 0.4) is 0 Å². The lowest BCUT2D eigenvalue weighted by Gasteiger charge is -2.02. The molecule has 0 saturated heterocycles. The molecule has 0 radical (unpaired) electrons. The van der Waals surface area contributed by atoms with Crippen LogP contribution in [-0.4, -0.2) is 5.11 Å². The molecule has 2 aromatic carbocycles. The van der Waals surface area contributed by atoms with Crippen molar-refractivity contribution in [2.45, 2.75) is 0 Å². The maximum absolute atomic E-state index is 9.66. The Morgan fingerprint density at radius 3 is 2.69 bits per heavy atom. The SMILES string of the molecule is Oc1c(Br)ccc2cc(Cl)ccc12. The third-order valence-corrected chi connectivity index (χ3v) is 2.78. The molecule has 0 bridgehead atoms. The van der Waals surface area contributed by atoms with E-state index in [1.165, 1.54) is 0 Å². The zero-order valence-corrected chi connectivity index (χ0v) is 8.93. The molecule has 0 saturated carbocycles. The summed E-state index contributed by atoms with van der Waals surface area (Å²) in [6.45, 7) is 0. The highest BCUT2D eigenvalue weighted by molar-refractivity contribution is 9.10. The standard InChI is InChI=1S/C10H6BrClO/c11-9-4-1-6-5-7(12)2-3-8(6)10(9)13/h1-5,13H. The van der Waals surface area contributed by atoms with E-state index in [0.717, 1.165) is 10.8 Å². The Hall–Kier alpha value is -0.730. The van der Waals surface area contributed by atoms with E-state index in [1.807, 2.05) is 12.1 Å². The average Bonchev–Trinajstić information content (AvgIpc) is 2.12. The van der Waals surface area contributed by atoms with Gasteiger partial charge in [0, 0.05) is 10.4 Å². The monoisotopic (exact) mass is 256 g/mol. The maximum atomic E-state index is 9.66. The molecule has 0 atom stereocenters.